The van der Waals surface area contributed by atoms with Gasteiger partial charge in [0.2, 0.25) is 0 Å². The first kappa shape index (κ1) is 9.30. The quantitative estimate of drug-likeness (QED) is 0.487. The van der Waals surface area contributed by atoms with Crippen molar-refractivity contribution in [3.8, 4) is 0 Å². The Balaban J connectivity index is 1.94. The fourth-order valence-corrected chi connectivity index (χ4v) is 1.42. The predicted molar refractivity (Wildman–Crippen MR) is 47.1 cm³/mol. The summed E-state index contributed by atoms with van der Waals surface area (Å²) in [4.78, 5) is 0. The van der Waals surface area contributed by atoms with E-state index in [-0.39, 0.29) is 0 Å². The van der Waals surface area contributed by atoms with Gasteiger partial charge >= 0.3 is 0 Å². The molecule has 0 saturated heterocycles. The molecule has 11 heavy (non-hydrogen) atoms. The summed E-state index contributed by atoms with van der Waals surface area (Å²) >= 11 is 5.80. The number of ether oxygens (including phenoxy) is 1. The fraction of sp³-hybridized carbons (Fsp3) is 1.00. The molecule has 0 unspecified atom stereocenters. The molecule has 0 amide bonds. The molecule has 0 spiro atoms. The van der Waals surface area contributed by atoms with Crippen LogP contribution in [0, 0.1) is 5.41 Å². The van der Waals surface area contributed by atoms with Gasteiger partial charge in [-0.25, -0.2) is 0 Å². The largest absolute Gasteiger partial charge is 0.383 e. The maximum Gasteiger partial charge on any atom is 0.0587 e. The molecule has 0 aromatic rings. The zero-order chi connectivity index (χ0) is 8.16. The minimum atomic E-state index is 0.440. The van der Waals surface area contributed by atoms with Crippen molar-refractivity contribution in [2.45, 2.75) is 12.8 Å². The van der Waals surface area contributed by atoms with Crippen molar-refractivity contribution in [1.82, 2.24) is 5.32 Å². The summed E-state index contributed by atoms with van der Waals surface area (Å²) in [6.07, 6.45) is 2.58. The van der Waals surface area contributed by atoms with Crippen molar-refractivity contribution in [3.63, 3.8) is 0 Å². The van der Waals surface area contributed by atoms with Gasteiger partial charge in [0.05, 0.1) is 6.61 Å². The summed E-state index contributed by atoms with van der Waals surface area (Å²) in [5.41, 5.74) is 0.440. The summed E-state index contributed by atoms with van der Waals surface area (Å²) in [6.45, 7) is 2.79. The molecule has 0 aromatic heterocycles. The molecule has 3 heteroatoms. The molecule has 1 saturated carbocycles. The van der Waals surface area contributed by atoms with Crippen LogP contribution in [0.15, 0.2) is 0 Å². The average Bonchev–Trinajstić information content (AvgIpc) is 2.80. The van der Waals surface area contributed by atoms with Crippen LogP contribution in [0.25, 0.3) is 0 Å². The lowest BCUT2D eigenvalue weighted by molar-refractivity contribution is 0.197. The molecular formula is C8H16ClNO. The number of alkyl halides is 1. The number of halogens is 1. The Bertz CT molecular complexity index is 115. The van der Waals surface area contributed by atoms with Crippen LogP contribution in [0.2, 0.25) is 0 Å². The maximum absolute atomic E-state index is 5.80. The van der Waals surface area contributed by atoms with E-state index in [1.165, 1.54) is 12.8 Å². The van der Waals surface area contributed by atoms with Crippen molar-refractivity contribution < 1.29 is 4.74 Å². The van der Waals surface area contributed by atoms with Gasteiger partial charge in [0.15, 0.2) is 0 Å². The number of methoxy groups -OCH3 is 1. The third-order valence-corrected chi connectivity index (χ3v) is 2.79. The SMILES string of the molecule is COCCNCC1(CCl)CC1. The molecule has 1 rings (SSSR count). The smallest absolute Gasteiger partial charge is 0.0587 e. The van der Waals surface area contributed by atoms with Gasteiger partial charge in [0, 0.05) is 26.1 Å². The van der Waals surface area contributed by atoms with Crippen LogP contribution >= 0.6 is 11.6 Å². The van der Waals surface area contributed by atoms with E-state index in [1.54, 1.807) is 7.11 Å². The van der Waals surface area contributed by atoms with E-state index in [1.807, 2.05) is 0 Å². The molecule has 1 N–H and O–H groups in total. The van der Waals surface area contributed by atoms with Gasteiger partial charge in [-0.1, -0.05) is 0 Å². The normalized spacial score (nSPS) is 20.2. The zero-order valence-corrected chi connectivity index (χ0v) is 7.78. The lowest BCUT2D eigenvalue weighted by atomic mass is 10.1. The first-order valence-electron chi connectivity index (χ1n) is 4.09. The monoisotopic (exact) mass is 177 g/mol. The highest BCUT2D eigenvalue weighted by molar-refractivity contribution is 6.18. The van der Waals surface area contributed by atoms with Gasteiger partial charge in [-0.2, -0.15) is 0 Å². The van der Waals surface area contributed by atoms with Crippen LogP contribution in [-0.2, 0) is 4.74 Å². The van der Waals surface area contributed by atoms with E-state index in [0.717, 1.165) is 25.6 Å². The Hall–Kier alpha value is 0.210. The highest BCUT2D eigenvalue weighted by Gasteiger charge is 2.40. The molecule has 0 bridgehead atoms. The Morgan fingerprint density at radius 3 is 2.73 bits per heavy atom. The summed E-state index contributed by atoms with van der Waals surface area (Å²) in [6, 6.07) is 0. The van der Waals surface area contributed by atoms with Gasteiger partial charge < -0.3 is 10.1 Å². The number of nitrogens with one attached hydrogen (secondary N) is 1. The molecule has 1 aliphatic rings. The predicted octanol–water partition coefficient (Wildman–Crippen LogP) is 1.24. The van der Waals surface area contributed by atoms with Crippen molar-refractivity contribution in [1.29, 1.82) is 0 Å². The Morgan fingerprint density at radius 2 is 2.27 bits per heavy atom. The van der Waals surface area contributed by atoms with E-state index in [0.29, 0.717) is 5.41 Å². The molecule has 0 radical (unpaired) electrons. The second kappa shape index (κ2) is 4.29. The number of hydrogen-bond donors (Lipinski definition) is 1. The molecule has 2 nitrogen and oxygen atoms in total. The van der Waals surface area contributed by atoms with Crippen molar-refractivity contribution in [3.05, 3.63) is 0 Å². The van der Waals surface area contributed by atoms with Gasteiger partial charge in [0.1, 0.15) is 0 Å². The third kappa shape index (κ3) is 2.97. The summed E-state index contributed by atoms with van der Waals surface area (Å²) in [7, 11) is 1.72. The summed E-state index contributed by atoms with van der Waals surface area (Å²) in [5.74, 6) is 0.799. The zero-order valence-electron chi connectivity index (χ0n) is 7.03. The highest BCUT2D eigenvalue weighted by atomic mass is 35.5. The molecule has 1 aliphatic carbocycles. The Kier molecular flexibility index (Phi) is 3.63. The topological polar surface area (TPSA) is 21.3 Å². The molecule has 0 aliphatic heterocycles. The lowest BCUT2D eigenvalue weighted by Gasteiger charge is -2.11. The molecule has 1 fully saturated rings. The average molecular weight is 178 g/mol. The van der Waals surface area contributed by atoms with Crippen LogP contribution in [0.4, 0.5) is 0 Å². The standard InChI is InChI=1S/C8H16ClNO/c1-11-5-4-10-7-8(6-9)2-3-8/h10H,2-7H2,1H3. The van der Waals surface area contributed by atoms with Crippen LogP contribution < -0.4 is 5.32 Å². The van der Waals surface area contributed by atoms with Gasteiger partial charge in [-0.15, -0.1) is 11.6 Å². The second-order valence-electron chi connectivity index (χ2n) is 3.30. The van der Waals surface area contributed by atoms with E-state index in [4.69, 9.17) is 16.3 Å². The number of rotatable bonds is 6. The Morgan fingerprint density at radius 1 is 1.55 bits per heavy atom. The van der Waals surface area contributed by atoms with Crippen LogP contribution in [0.5, 0.6) is 0 Å². The Labute approximate surface area is 73.3 Å². The van der Waals surface area contributed by atoms with Gasteiger partial charge in [0.25, 0.3) is 0 Å². The molecule has 66 valence electrons. The molecule has 0 atom stereocenters. The highest BCUT2D eigenvalue weighted by Crippen LogP contribution is 2.45. The second-order valence-corrected chi connectivity index (χ2v) is 3.57. The van der Waals surface area contributed by atoms with Crippen molar-refractivity contribution in [2.24, 2.45) is 5.41 Å². The van der Waals surface area contributed by atoms with Gasteiger partial charge in [-0.05, 0) is 18.3 Å². The van der Waals surface area contributed by atoms with Gasteiger partial charge in [-0.3, -0.25) is 0 Å². The maximum atomic E-state index is 5.80. The molecule has 0 aromatic carbocycles. The van der Waals surface area contributed by atoms with E-state index in [9.17, 15) is 0 Å². The first-order valence-corrected chi connectivity index (χ1v) is 4.62. The van der Waals surface area contributed by atoms with Crippen molar-refractivity contribution in [2.75, 3.05) is 32.7 Å². The minimum Gasteiger partial charge on any atom is -0.383 e. The lowest BCUT2D eigenvalue weighted by Crippen LogP contribution is -2.27. The third-order valence-electron chi connectivity index (χ3n) is 2.22. The molecule has 0 heterocycles. The minimum absolute atomic E-state index is 0.440. The van der Waals surface area contributed by atoms with Crippen molar-refractivity contribution >= 4 is 11.6 Å². The fourth-order valence-electron chi connectivity index (χ4n) is 1.06. The first-order chi connectivity index (χ1) is 5.33. The summed E-state index contributed by atoms with van der Waals surface area (Å²) in [5, 5.41) is 3.33. The van der Waals surface area contributed by atoms with Crippen LogP contribution in [0.3, 0.4) is 0 Å². The van der Waals surface area contributed by atoms with E-state index >= 15 is 0 Å². The number of hydrogen-bond acceptors (Lipinski definition) is 2. The van der Waals surface area contributed by atoms with Crippen LogP contribution in [-0.4, -0.2) is 32.7 Å². The molecular weight excluding hydrogens is 162 g/mol. The van der Waals surface area contributed by atoms with E-state index in [2.05, 4.69) is 5.32 Å². The van der Waals surface area contributed by atoms with E-state index < -0.39 is 0 Å². The summed E-state index contributed by atoms with van der Waals surface area (Å²) < 4.78 is 4.92. The van der Waals surface area contributed by atoms with Crippen LogP contribution in [0.1, 0.15) is 12.8 Å².